The van der Waals surface area contributed by atoms with Gasteiger partial charge in [-0.2, -0.15) is 0 Å². The largest absolute Gasteiger partial charge is 0.389 e. The zero-order chi connectivity index (χ0) is 20.3. The number of guanidine groups is 1. The van der Waals surface area contributed by atoms with Crippen molar-refractivity contribution in [1.29, 1.82) is 0 Å². The molecule has 160 valence electrons. The first-order chi connectivity index (χ1) is 14.2. The molecule has 1 atom stereocenters. The van der Waals surface area contributed by atoms with Crippen molar-refractivity contribution in [3.05, 3.63) is 42.0 Å². The van der Waals surface area contributed by atoms with Crippen molar-refractivity contribution in [1.82, 2.24) is 15.1 Å². The minimum Gasteiger partial charge on any atom is -0.389 e. The fourth-order valence-electron chi connectivity index (χ4n) is 3.37. The topological polar surface area (TPSA) is 60.3 Å². The number of piperazine rings is 1. The molecular formula is C23H36N4O2. The molecule has 0 amide bonds. The van der Waals surface area contributed by atoms with Gasteiger partial charge >= 0.3 is 0 Å². The third kappa shape index (κ3) is 8.17. The van der Waals surface area contributed by atoms with Crippen molar-refractivity contribution in [3.8, 4) is 0 Å². The lowest BCUT2D eigenvalue weighted by Crippen LogP contribution is -2.52. The maximum Gasteiger partial charge on any atom is 0.194 e. The number of rotatable bonds is 10. The first-order valence-corrected chi connectivity index (χ1v) is 11.0. The van der Waals surface area contributed by atoms with E-state index < -0.39 is 6.10 Å². The van der Waals surface area contributed by atoms with Gasteiger partial charge in [0, 0.05) is 45.9 Å². The van der Waals surface area contributed by atoms with Crippen LogP contribution >= 0.6 is 0 Å². The predicted molar refractivity (Wildman–Crippen MR) is 119 cm³/mol. The van der Waals surface area contributed by atoms with E-state index in [2.05, 4.69) is 63.5 Å². The Morgan fingerprint density at radius 2 is 2.00 bits per heavy atom. The first kappa shape index (κ1) is 21.8. The molecule has 1 saturated carbocycles. The van der Waals surface area contributed by atoms with E-state index in [0.717, 1.165) is 57.8 Å². The molecule has 2 fully saturated rings. The molecule has 2 aliphatic rings. The molecule has 29 heavy (non-hydrogen) atoms. The number of nitrogens with zero attached hydrogens (tertiary/aromatic N) is 3. The summed E-state index contributed by atoms with van der Waals surface area (Å²) in [6.45, 7) is 9.32. The SMILES string of the molecule is CCNC(=NCC(O)COCC1CC1)N1CCN(C/C=C/c2ccccc2)CC1. The summed E-state index contributed by atoms with van der Waals surface area (Å²) in [4.78, 5) is 9.40. The fraction of sp³-hybridized carbons (Fsp3) is 0.609. The van der Waals surface area contributed by atoms with Gasteiger partial charge in [-0.3, -0.25) is 9.89 Å². The number of aliphatic imine (C=N–C) groups is 1. The van der Waals surface area contributed by atoms with E-state index in [-0.39, 0.29) is 0 Å². The monoisotopic (exact) mass is 400 g/mol. The average Bonchev–Trinajstić information content (AvgIpc) is 3.57. The van der Waals surface area contributed by atoms with Crippen molar-refractivity contribution < 1.29 is 9.84 Å². The van der Waals surface area contributed by atoms with Crippen molar-refractivity contribution in [2.75, 3.05) is 59.0 Å². The summed E-state index contributed by atoms with van der Waals surface area (Å²) in [6, 6.07) is 10.4. The summed E-state index contributed by atoms with van der Waals surface area (Å²) >= 11 is 0. The van der Waals surface area contributed by atoms with Gasteiger partial charge in [0.05, 0.1) is 19.3 Å². The quantitative estimate of drug-likeness (QED) is 0.465. The Morgan fingerprint density at radius 1 is 1.24 bits per heavy atom. The lowest BCUT2D eigenvalue weighted by molar-refractivity contribution is 0.0367. The molecule has 2 N–H and O–H groups in total. The molecular weight excluding hydrogens is 364 g/mol. The number of aliphatic hydroxyl groups is 1. The van der Waals surface area contributed by atoms with Crippen LogP contribution in [0.2, 0.25) is 0 Å². The molecule has 6 nitrogen and oxygen atoms in total. The molecule has 3 rings (SSSR count). The highest BCUT2D eigenvalue weighted by atomic mass is 16.5. The summed E-state index contributed by atoms with van der Waals surface area (Å²) in [7, 11) is 0. The molecule has 0 bridgehead atoms. The molecule has 6 heteroatoms. The Balaban J connectivity index is 1.39. The Labute approximate surface area is 175 Å². The maximum absolute atomic E-state index is 10.1. The Morgan fingerprint density at radius 3 is 2.69 bits per heavy atom. The minimum atomic E-state index is -0.535. The standard InChI is InChI=1S/C23H36N4O2/c1-2-24-23(25-17-22(28)19-29-18-21-10-11-21)27-15-13-26(14-16-27)12-6-9-20-7-4-3-5-8-20/h3-9,21-22,28H,2,10-19H2,1H3,(H,24,25)/b9-6+. The molecule has 1 unspecified atom stereocenters. The Bertz CT molecular complexity index is 638. The Kier molecular flexibility index (Phi) is 8.99. The number of hydrogen-bond acceptors (Lipinski definition) is 4. The average molecular weight is 401 g/mol. The smallest absolute Gasteiger partial charge is 0.194 e. The van der Waals surface area contributed by atoms with Crippen LogP contribution in [-0.2, 0) is 4.74 Å². The molecule has 1 aromatic carbocycles. The van der Waals surface area contributed by atoms with E-state index in [1.165, 1.54) is 18.4 Å². The molecule has 0 spiro atoms. The van der Waals surface area contributed by atoms with Crippen molar-refractivity contribution in [3.63, 3.8) is 0 Å². The van der Waals surface area contributed by atoms with E-state index in [1.807, 2.05) is 6.07 Å². The molecule has 0 radical (unpaired) electrons. The van der Waals surface area contributed by atoms with Crippen LogP contribution in [0.4, 0.5) is 0 Å². The zero-order valence-electron chi connectivity index (χ0n) is 17.7. The summed E-state index contributed by atoms with van der Waals surface area (Å²) in [6.07, 6.45) is 6.43. The minimum absolute atomic E-state index is 0.376. The van der Waals surface area contributed by atoms with Gasteiger partial charge in [0.25, 0.3) is 0 Å². The lowest BCUT2D eigenvalue weighted by Gasteiger charge is -2.36. The normalized spacial score (nSPS) is 19.7. The van der Waals surface area contributed by atoms with Gasteiger partial charge in [-0.25, -0.2) is 0 Å². The molecule has 1 aliphatic heterocycles. The highest BCUT2D eigenvalue weighted by Gasteiger charge is 2.22. The summed E-state index contributed by atoms with van der Waals surface area (Å²) in [5, 5.41) is 13.5. The van der Waals surface area contributed by atoms with Crippen LogP contribution in [-0.4, -0.2) is 86.0 Å². The second kappa shape index (κ2) is 12.0. The van der Waals surface area contributed by atoms with Crippen LogP contribution in [0.1, 0.15) is 25.3 Å². The highest BCUT2D eigenvalue weighted by molar-refractivity contribution is 5.80. The van der Waals surface area contributed by atoms with Crippen LogP contribution in [0.15, 0.2) is 41.4 Å². The van der Waals surface area contributed by atoms with Gasteiger partial charge in [-0.1, -0.05) is 42.5 Å². The van der Waals surface area contributed by atoms with Crippen LogP contribution in [0.3, 0.4) is 0 Å². The molecule has 1 aromatic rings. The zero-order valence-corrected chi connectivity index (χ0v) is 17.7. The van der Waals surface area contributed by atoms with Crippen molar-refractivity contribution in [2.24, 2.45) is 10.9 Å². The third-order valence-corrected chi connectivity index (χ3v) is 5.29. The number of ether oxygens (including phenoxy) is 1. The maximum atomic E-state index is 10.1. The molecule has 1 saturated heterocycles. The molecule has 1 heterocycles. The Hall–Kier alpha value is -1.89. The summed E-state index contributed by atoms with van der Waals surface area (Å²) in [5.74, 6) is 1.62. The second-order valence-corrected chi connectivity index (χ2v) is 7.93. The summed E-state index contributed by atoms with van der Waals surface area (Å²) < 4.78 is 5.57. The van der Waals surface area contributed by atoms with E-state index in [9.17, 15) is 5.11 Å². The van der Waals surface area contributed by atoms with Crippen LogP contribution in [0.5, 0.6) is 0 Å². The number of benzene rings is 1. The van der Waals surface area contributed by atoms with Gasteiger partial charge in [-0.15, -0.1) is 0 Å². The van der Waals surface area contributed by atoms with Crippen LogP contribution in [0.25, 0.3) is 6.08 Å². The second-order valence-electron chi connectivity index (χ2n) is 7.93. The van der Waals surface area contributed by atoms with Gasteiger partial charge in [-0.05, 0) is 31.2 Å². The van der Waals surface area contributed by atoms with Crippen LogP contribution in [0, 0.1) is 5.92 Å². The van der Waals surface area contributed by atoms with E-state index in [4.69, 9.17) is 4.74 Å². The molecule has 0 aromatic heterocycles. The van der Waals surface area contributed by atoms with Gasteiger partial charge in [0.1, 0.15) is 0 Å². The van der Waals surface area contributed by atoms with E-state index in [0.29, 0.717) is 13.2 Å². The summed E-state index contributed by atoms with van der Waals surface area (Å²) in [5.41, 5.74) is 1.24. The van der Waals surface area contributed by atoms with Gasteiger partial charge in [0.2, 0.25) is 0 Å². The van der Waals surface area contributed by atoms with Crippen LogP contribution < -0.4 is 5.32 Å². The van der Waals surface area contributed by atoms with E-state index in [1.54, 1.807) is 0 Å². The van der Waals surface area contributed by atoms with Crippen molar-refractivity contribution >= 4 is 12.0 Å². The fourth-order valence-corrected chi connectivity index (χ4v) is 3.37. The first-order valence-electron chi connectivity index (χ1n) is 11.0. The molecule has 1 aliphatic carbocycles. The van der Waals surface area contributed by atoms with Gasteiger partial charge in [0.15, 0.2) is 5.96 Å². The number of nitrogens with one attached hydrogen (secondary N) is 1. The van der Waals surface area contributed by atoms with E-state index >= 15 is 0 Å². The number of hydrogen-bond donors (Lipinski definition) is 2. The predicted octanol–water partition coefficient (Wildman–Crippen LogP) is 2.07. The lowest BCUT2D eigenvalue weighted by atomic mass is 10.2. The third-order valence-electron chi connectivity index (χ3n) is 5.29. The van der Waals surface area contributed by atoms with Crippen molar-refractivity contribution in [2.45, 2.75) is 25.9 Å². The number of aliphatic hydroxyl groups excluding tert-OH is 1. The highest BCUT2D eigenvalue weighted by Crippen LogP contribution is 2.28. The van der Waals surface area contributed by atoms with Gasteiger partial charge < -0.3 is 20.1 Å².